The zero-order valence-corrected chi connectivity index (χ0v) is 10.2. The molecule has 0 radical (unpaired) electrons. The number of aliphatic carboxylic acids is 2. The van der Waals surface area contributed by atoms with E-state index in [1.807, 2.05) is 0 Å². The van der Waals surface area contributed by atoms with Gasteiger partial charge in [-0.05, 0) is 25.7 Å². The second-order valence-corrected chi connectivity index (χ2v) is 5.56. The number of nitrogens with one attached hydrogen (secondary N) is 1. The van der Waals surface area contributed by atoms with E-state index in [1.54, 1.807) is 13.8 Å². The van der Waals surface area contributed by atoms with Gasteiger partial charge in [0.15, 0.2) is 0 Å². The van der Waals surface area contributed by atoms with Crippen molar-refractivity contribution in [2.45, 2.75) is 50.6 Å². The summed E-state index contributed by atoms with van der Waals surface area (Å²) in [7, 11) is 0. The Morgan fingerprint density at radius 3 is 1.47 bits per heavy atom. The summed E-state index contributed by atoms with van der Waals surface area (Å²) in [5.74, 6) is -2.54. The quantitative estimate of drug-likeness (QED) is 0.685. The molecule has 0 saturated carbocycles. The van der Waals surface area contributed by atoms with Crippen LogP contribution in [0.5, 0.6) is 0 Å². The zero-order valence-electron chi connectivity index (χ0n) is 10.2. The minimum atomic E-state index is -0.807. The Hall–Kier alpha value is -1.10. The Morgan fingerprint density at radius 2 is 1.24 bits per heavy atom. The molecule has 0 amide bonds. The molecule has 17 heavy (non-hydrogen) atoms. The molecule has 2 saturated heterocycles. The van der Waals surface area contributed by atoms with Gasteiger partial charge in [0.1, 0.15) is 0 Å². The van der Waals surface area contributed by atoms with Crippen molar-refractivity contribution in [2.75, 3.05) is 0 Å². The van der Waals surface area contributed by atoms with Crippen molar-refractivity contribution < 1.29 is 19.8 Å². The Labute approximate surface area is 100 Å². The maximum absolute atomic E-state index is 11.1. The van der Waals surface area contributed by atoms with E-state index in [-0.39, 0.29) is 0 Å². The van der Waals surface area contributed by atoms with E-state index in [1.165, 1.54) is 0 Å². The molecule has 2 unspecified atom stereocenters. The minimum absolute atomic E-state index is 0.393. The molecule has 2 rings (SSSR count). The smallest absolute Gasteiger partial charge is 0.308 e. The standard InChI is InChI=1S/C12H19NO4/c1-7(9(14)15)11-3-5-12(13-11,6-4-11)8(2)10(16)17/h7-8,13H,3-6H2,1-2H3,(H,14,15)(H,16,17). The molecule has 2 aliphatic heterocycles. The number of carbonyl (C=O) groups is 2. The Kier molecular flexibility index (Phi) is 2.69. The van der Waals surface area contributed by atoms with Gasteiger partial charge in [-0.25, -0.2) is 0 Å². The van der Waals surface area contributed by atoms with Crippen molar-refractivity contribution in [2.24, 2.45) is 11.8 Å². The van der Waals surface area contributed by atoms with E-state index >= 15 is 0 Å². The highest BCUT2D eigenvalue weighted by Gasteiger charge is 2.60. The maximum Gasteiger partial charge on any atom is 0.308 e. The van der Waals surface area contributed by atoms with E-state index in [2.05, 4.69) is 5.32 Å². The number of hydrogen-bond acceptors (Lipinski definition) is 3. The largest absolute Gasteiger partial charge is 0.481 e. The molecule has 0 aromatic heterocycles. The van der Waals surface area contributed by atoms with E-state index in [0.29, 0.717) is 0 Å². The average Bonchev–Trinajstić information content (AvgIpc) is 2.84. The van der Waals surface area contributed by atoms with Gasteiger partial charge in [0.2, 0.25) is 0 Å². The van der Waals surface area contributed by atoms with Gasteiger partial charge in [-0.3, -0.25) is 9.59 Å². The first-order valence-electron chi connectivity index (χ1n) is 6.08. The molecule has 0 aromatic rings. The molecule has 0 aromatic carbocycles. The number of carboxylic acid groups (broad SMARTS) is 2. The highest BCUT2D eigenvalue weighted by molar-refractivity contribution is 5.73. The summed E-state index contributed by atoms with van der Waals surface area (Å²) in [5.41, 5.74) is -0.787. The van der Waals surface area contributed by atoms with Gasteiger partial charge >= 0.3 is 11.9 Å². The second-order valence-electron chi connectivity index (χ2n) is 5.56. The van der Waals surface area contributed by atoms with Crippen molar-refractivity contribution in [3.8, 4) is 0 Å². The zero-order chi connectivity index (χ0) is 12.8. The lowest BCUT2D eigenvalue weighted by molar-refractivity contribution is -0.144. The van der Waals surface area contributed by atoms with Crippen molar-refractivity contribution in [1.29, 1.82) is 0 Å². The fourth-order valence-electron chi connectivity index (χ4n) is 3.44. The van der Waals surface area contributed by atoms with Crippen LogP contribution in [-0.4, -0.2) is 33.2 Å². The van der Waals surface area contributed by atoms with E-state index in [0.717, 1.165) is 25.7 Å². The molecule has 2 atom stereocenters. The van der Waals surface area contributed by atoms with Crippen LogP contribution in [0.15, 0.2) is 0 Å². The monoisotopic (exact) mass is 241 g/mol. The summed E-state index contributed by atoms with van der Waals surface area (Å²) in [6.45, 7) is 3.42. The van der Waals surface area contributed by atoms with Gasteiger partial charge < -0.3 is 15.5 Å². The molecule has 0 aliphatic carbocycles. The first-order valence-corrected chi connectivity index (χ1v) is 6.08. The molecular weight excluding hydrogens is 222 g/mol. The number of hydrogen-bond donors (Lipinski definition) is 3. The van der Waals surface area contributed by atoms with Crippen LogP contribution in [0, 0.1) is 11.8 Å². The van der Waals surface area contributed by atoms with Crippen LogP contribution < -0.4 is 5.32 Å². The van der Waals surface area contributed by atoms with Gasteiger partial charge in [-0.2, -0.15) is 0 Å². The summed E-state index contributed by atoms with van der Waals surface area (Å²) in [5, 5.41) is 21.6. The third-order valence-electron chi connectivity index (χ3n) is 4.93. The molecule has 96 valence electrons. The average molecular weight is 241 g/mol. The predicted octanol–water partition coefficient (Wildman–Crippen LogP) is 1.08. The second kappa shape index (κ2) is 3.70. The normalized spacial score (nSPS) is 38.9. The maximum atomic E-state index is 11.1. The third kappa shape index (κ3) is 1.64. The van der Waals surface area contributed by atoms with Crippen LogP contribution in [0.3, 0.4) is 0 Å². The SMILES string of the molecule is CC(C(=O)O)C12CCC(C(C)C(=O)O)(CC1)N2. The summed E-state index contributed by atoms with van der Waals surface area (Å²) < 4.78 is 0. The van der Waals surface area contributed by atoms with Crippen molar-refractivity contribution >= 4 is 11.9 Å². The Bertz CT molecular complexity index is 324. The fraction of sp³-hybridized carbons (Fsp3) is 0.833. The molecular formula is C12H19NO4. The summed E-state index contributed by atoms with van der Waals surface area (Å²) in [6.07, 6.45) is 3.05. The summed E-state index contributed by atoms with van der Waals surface area (Å²) in [4.78, 5) is 22.2. The highest BCUT2D eigenvalue weighted by Crippen LogP contribution is 2.51. The third-order valence-corrected chi connectivity index (χ3v) is 4.93. The molecule has 2 aliphatic rings. The van der Waals surface area contributed by atoms with Crippen LogP contribution >= 0.6 is 0 Å². The number of carboxylic acids is 2. The van der Waals surface area contributed by atoms with Crippen molar-refractivity contribution in [1.82, 2.24) is 5.32 Å². The summed E-state index contributed by atoms with van der Waals surface area (Å²) >= 11 is 0. The number of rotatable bonds is 4. The Balaban J connectivity index is 2.21. The first kappa shape index (κ1) is 12.4. The molecule has 2 fully saturated rings. The van der Waals surface area contributed by atoms with E-state index in [4.69, 9.17) is 10.2 Å². The van der Waals surface area contributed by atoms with Gasteiger partial charge in [0.05, 0.1) is 11.8 Å². The number of fused-ring (bicyclic) bond motifs is 2. The lowest BCUT2D eigenvalue weighted by Gasteiger charge is -2.30. The first-order chi connectivity index (χ1) is 7.83. The van der Waals surface area contributed by atoms with Crippen LogP contribution in [-0.2, 0) is 9.59 Å². The van der Waals surface area contributed by atoms with Crippen LogP contribution in [0.2, 0.25) is 0 Å². The molecule has 2 bridgehead atoms. The predicted molar refractivity (Wildman–Crippen MR) is 60.7 cm³/mol. The fourth-order valence-corrected chi connectivity index (χ4v) is 3.44. The van der Waals surface area contributed by atoms with Gasteiger partial charge in [-0.15, -0.1) is 0 Å². The topological polar surface area (TPSA) is 86.6 Å². The van der Waals surface area contributed by atoms with Crippen molar-refractivity contribution in [3.05, 3.63) is 0 Å². The lowest BCUT2D eigenvalue weighted by Crippen LogP contribution is -2.52. The van der Waals surface area contributed by atoms with Gasteiger partial charge in [0, 0.05) is 11.1 Å². The molecule has 3 N–H and O–H groups in total. The molecule has 5 nitrogen and oxygen atoms in total. The van der Waals surface area contributed by atoms with Gasteiger partial charge in [0.25, 0.3) is 0 Å². The van der Waals surface area contributed by atoms with Crippen LogP contribution in [0.1, 0.15) is 39.5 Å². The van der Waals surface area contributed by atoms with Gasteiger partial charge in [-0.1, -0.05) is 13.8 Å². The summed E-state index contributed by atoms with van der Waals surface area (Å²) in [6, 6.07) is 0. The molecule has 2 heterocycles. The lowest BCUT2D eigenvalue weighted by atomic mass is 9.72. The molecule has 5 heteroatoms. The Morgan fingerprint density at radius 1 is 0.941 bits per heavy atom. The van der Waals surface area contributed by atoms with E-state index < -0.39 is 34.9 Å². The van der Waals surface area contributed by atoms with Crippen LogP contribution in [0.4, 0.5) is 0 Å². The minimum Gasteiger partial charge on any atom is -0.481 e. The molecule has 0 spiro atoms. The van der Waals surface area contributed by atoms with Crippen molar-refractivity contribution in [3.63, 3.8) is 0 Å². The highest BCUT2D eigenvalue weighted by atomic mass is 16.4. The van der Waals surface area contributed by atoms with E-state index in [9.17, 15) is 9.59 Å². The van der Waals surface area contributed by atoms with Crippen LogP contribution in [0.25, 0.3) is 0 Å².